The van der Waals surface area contributed by atoms with Crippen LogP contribution in [0.4, 0.5) is 0 Å². The highest BCUT2D eigenvalue weighted by Gasteiger charge is 2.19. The lowest BCUT2D eigenvalue weighted by molar-refractivity contribution is 0.203. The Bertz CT molecular complexity index is 230. The molecule has 4 heteroatoms. The van der Waals surface area contributed by atoms with Gasteiger partial charge in [-0.3, -0.25) is 10.2 Å². The molecule has 4 nitrogen and oxygen atoms in total. The van der Waals surface area contributed by atoms with E-state index in [1.54, 1.807) is 0 Å². The van der Waals surface area contributed by atoms with Gasteiger partial charge in [-0.25, -0.2) is 0 Å². The maximum atomic E-state index is 3.33. The van der Waals surface area contributed by atoms with Crippen molar-refractivity contribution in [3.63, 3.8) is 0 Å². The molecule has 0 aliphatic rings. The van der Waals surface area contributed by atoms with Crippen molar-refractivity contribution in [3.05, 3.63) is 11.9 Å². The maximum absolute atomic E-state index is 3.33. The molecule has 0 bridgehead atoms. The zero-order chi connectivity index (χ0) is 13.5. The molecule has 1 unspecified atom stereocenters. The molecule has 0 aliphatic carbocycles. The van der Waals surface area contributed by atoms with Gasteiger partial charge in [-0.1, -0.05) is 20.8 Å². The van der Waals surface area contributed by atoms with Gasteiger partial charge in [0.1, 0.15) is 6.17 Å². The van der Waals surface area contributed by atoms with Crippen LogP contribution in [0.2, 0.25) is 0 Å². The summed E-state index contributed by atoms with van der Waals surface area (Å²) in [4.78, 5) is 2.32. The lowest BCUT2D eigenvalue weighted by atomic mass is 9.92. The average Bonchev–Trinajstić information content (AvgIpc) is 2.25. The standard InChI is InChI=1S/C13H30N4/c1-13(2,3)8-9-17(7)12(16-6)11(15-5)10-14-4/h10,12,14-16H,8-9H2,1-7H3/b11-10+. The van der Waals surface area contributed by atoms with Gasteiger partial charge in [0.05, 0.1) is 5.70 Å². The van der Waals surface area contributed by atoms with Crippen molar-refractivity contribution in [1.82, 2.24) is 20.9 Å². The molecule has 0 rings (SSSR count). The van der Waals surface area contributed by atoms with Crippen LogP contribution < -0.4 is 16.0 Å². The zero-order valence-electron chi connectivity index (χ0n) is 12.5. The molecule has 0 aromatic carbocycles. The van der Waals surface area contributed by atoms with Crippen LogP contribution >= 0.6 is 0 Å². The fourth-order valence-electron chi connectivity index (χ4n) is 1.70. The summed E-state index contributed by atoms with van der Waals surface area (Å²) >= 11 is 0. The molecule has 0 spiro atoms. The van der Waals surface area contributed by atoms with E-state index in [1.165, 1.54) is 6.42 Å². The van der Waals surface area contributed by atoms with Crippen molar-refractivity contribution in [2.75, 3.05) is 34.7 Å². The first-order valence-corrected chi connectivity index (χ1v) is 6.28. The summed E-state index contributed by atoms with van der Waals surface area (Å²) in [5, 5.41) is 9.63. The number of rotatable bonds is 7. The monoisotopic (exact) mass is 242 g/mol. The normalized spacial score (nSPS) is 14.9. The second-order valence-electron chi connectivity index (χ2n) is 5.62. The Morgan fingerprint density at radius 1 is 1.24 bits per heavy atom. The van der Waals surface area contributed by atoms with E-state index in [-0.39, 0.29) is 6.17 Å². The van der Waals surface area contributed by atoms with Gasteiger partial charge in [0.15, 0.2) is 0 Å². The van der Waals surface area contributed by atoms with E-state index in [2.05, 4.69) is 48.7 Å². The second kappa shape index (κ2) is 7.56. The van der Waals surface area contributed by atoms with E-state index in [4.69, 9.17) is 0 Å². The van der Waals surface area contributed by atoms with Crippen LogP contribution in [0.5, 0.6) is 0 Å². The largest absolute Gasteiger partial charge is 0.392 e. The molecule has 0 aliphatic heterocycles. The van der Waals surface area contributed by atoms with Gasteiger partial charge >= 0.3 is 0 Å². The summed E-state index contributed by atoms with van der Waals surface area (Å²) in [6, 6.07) is 0. The van der Waals surface area contributed by atoms with Crippen molar-refractivity contribution >= 4 is 0 Å². The first-order chi connectivity index (χ1) is 7.85. The Morgan fingerprint density at radius 3 is 2.18 bits per heavy atom. The Labute approximate surface area is 107 Å². The van der Waals surface area contributed by atoms with Crippen molar-refractivity contribution in [2.45, 2.75) is 33.4 Å². The summed E-state index contributed by atoms with van der Waals surface area (Å²) < 4.78 is 0. The topological polar surface area (TPSA) is 39.3 Å². The van der Waals surface area contributed by atoms with E-state index >= 15 is 0 Å². The molecule has 0 radical (unpaired) electrons. The summed E-state index contributed by atoms with van der Waals surface area (Å²) in [5.41, 5.74) is 1.52. The van der Waals surface area contributed by atoms with Gasteiger partial charge in [-0.2, -0.15) is 0 Å². The summed E-state index contributed by atoms with van der Waals surface area (Å²) in [7, 11) is 8.00. The van der Waals surface area contributed by atoms with Gasteiger partial charge in [0.25, 0.3) is 0 Å². The molecule has 3 N–H and O–H groups in total. The van der Waals surface area contributed by atoms with Crippen molar-refractivity contribution in [2.24, 2.45) is 5.41 Å². The molecule has 1 atom stereocenters. The van der Waals surface area contributed by atoms with Gasteiger partial charge in [-0.05, 0) is 25.9 Å². The van der Waals surface area contributed by atoms with Crippen LogP contribution in [0.15, 0.2) is 11.9 Å². The highest BCUT2D eigenvalue weighted by molar-refractivity contribution is 5.06. The van der Waals surface area contributed by atoms with Crippen LogP contribution in [-0.4, -0.2) is 45.8 Å². The molecule has 102 valence electrons. The van der Waals surface area contributed by atoms with Crippen molar-refractivity contribution in [3.8, 4) is 0 Å². The Hall–Kier alpha value is -0.740. The molecule has 0 aromatic rings. The van der Waals surface area contributed by atoms with Crippen LogP contribution in [0.3, 0.4) is 0 Å². The average molecular weight is 242 g/mol. The van der Waals surface area contributed by atoms with Gasteiger partial charge in [0.2, 0.25) is 0 Å². The van der Waals surface area contributed by atoms with Gasteiger partial charge in [0, 0.05) is 26.8 Å². The highest BCUT2D eigenvalue weighted by Crippen LogP contribution is 2.19. The van der Waals surface area contributed by atoms with Crippen LogP contribution in [0.1, 0.15) is 27.2 Å². The van der Waals surface area contributed by atoms with E-state index < -0.39 is 0 Å². The van der Waals surface area contributed by atoms with E-state index in [0.717, 1.165) is 12.2 Å². The third kappa shape index (κ3) is 6.54. The van der Waals surface area contributed by atoms with E-state index in [9.17, 15) is 0 Å². The maximum Gasteiger partial charge on any atom is 0.102 e. The minimum Gasteiger partial charge on any atom is -0.392 e. The minimum absolute atomic E-state index is 0.217. The number of nitrogens with one attached hydrogen (secondary N) is 3. The fourth-order valence-corrected chi connectivity index (χ4v) is 1.70. The third-order valence-electron chi connectivity index (χ3n) is 2.81. The first-order valence-electron chi connectivity index (χ1n) is 6.28. The van der Waals surface area contributed by atoms with Gasteiger partial charge < -0.3 is 10.6 Å². The summed E-state index contributed by atoms with van der Waals surface area (Å²) in [6.45, 7) is 7.89. The highest BCUT2D eigenvalue weighted by atomic mass is 15.3. The molecular weight excluding hydrogens is 212 g/mol. The van der Waals surface area contributed by atoms with E-state index in [0.29, 0.717) is 5.41 Å². The Morgan fingerprint density at radius 2 is 1.82 bits per heavy atom. The third-order valence-corrected chi connectivity index (χ3v) is 2.81. The lowest BCUT2D eigenvalue weighted by Crippen LogP contribution is -2.47. The minimum atomic E-state index is 0.217. The Kier molecular flexibility index (Phi) is 7.23. The number of hydrogen-bond donors (Lipinski definition) is 3. The molecule has 17 heavy (non-hydrogen) atoms. The number of nitrogens with zero attached hydrogens (tertiary/aromatic N) is 1. The van der Waals surface area contributed by atoms with Crippen LogP contribution in [-0.2, 0) is 0 Å². The van der Waals surface area contributed by atoms with Gasteiger partial charge in [-0.15, -0.1) is 0 Å². The fraction of sp³-hybridized carbons (Fsp3) is 0.846. The predicted octanol–water partition coefficient (Wildman–Crippen LogP) is 1.18. The molecule has 0 saturated carbocycles. The van der Waals surface area contributed by atoms with E-state index in [1.807, 2.05) is 27.3 Å². The quantitative estimate of drug-likeness (QED) is 0.586. The van der Waals surface area contributed by atoms with Crippen LogP contribution in [0.25, 0.3) is 0 Å². The lowest BCUT2D eigenvalue weighted by Gasteiger charge is -2.31. The summed E-state index contributed by atoms with van der Waals surface area (Å²) in [6.07, 6.45) is 3.39. The molecule has 0 saturated heterocycles. The van der Waals surface area contributed by atoms with Crippen molar-refractivity contribution < 1.29 is 0 Å². The molecule has 0 fully saturated rings. The summed E-state index contributed by atoms with van der Waals surface area (Å²) in [5.74, 6) is 0. The SMILES string of the molecule is CN/C=C(/NC)C(NC)N(C)CCC(C)(C)C. The molecular formula is C13H30N4. The molecule has 0 heterocycles. The second-order valence-corrected chi connectivity index (χ2v) is 5.62. The smallest absolute Gasteiger partial charge is 0.102 e. The van der Waals surface area contributed by atoms with Crippen molar-refractivity contribution in [1.29, 1.82) is 0 Å². The predicted molar refractivity (Wildman–Crippen MR) is 75.8 cm³/mol. The van der Waals surface area contributed by atoms with Crippen LogP contribution in [0, 0.1) is 5.41 Å². The zero-order valence-corrected chi connectivity index (χ0v) is 12.5. The molecule has 0 aromatic heterocycles. The Balaban J connectivity index is 4.49. The number of likely N-dealkylation sites (N-methyl/N-ethyl adjacent to an activating group) is 3. The number of hydrogen-bond acceptors (Lipinski definition) is 4. The molecule has 0 amide bonds. The first kappa shape index (κ1) is 16.3.